The molecule has 0 aliphatic carbocycles. The second-order valence-electron chi connectivity index (χ2n) is 3.00. The molecule has 1 aromatic carbocycles. The van der Waals surface area contributed by atoms with E-state index in [0.717, 1.165) is 5.56 Å². The molecule has 0 aliphatic heterocycles. The van der Waals surface area contributed by atoms with Gasteiger partial charge < -0.3 is 12.6 Å². The van der Waals surface area contributed by atoms with Crippen molar-refractivity contribution in [2.24, 2.45) is 0 Å². The van der Waals surface area contributed by atoms with Gasteiger partial charge in [-0.15, -0.1) is 0 Å². The summed E-state index contributed by atoms with van der Waals surface area (Å²) < 4.78 is 0. The maximum atomic E-state index is 4.63. The smallest absolute Gasteiger partial charge is 0.0285 e. The third kappa shape index (κ3) is 6.02. The molecule has 0 nitrogen and oxygen atoms in total. The van der Waals surface area contributed by atoms with Crippen molar-refractivity contribution in [3.05, 3.63) is 34.4 Å². The molecule has 0 amide bonds. The number of hydrogen-bond donors (Lipinski definition) is 1. The van der Waals surface area contributed by atoms with Gasteiger partial charge in [-0.3, -0.25) is 0 Å². The van der Waals surface area contributed by atoms with Gasteiger partial charge in [0.1, 0.15) is 0 Å². The molecule has 3 heteroatoms. The molecule has 0 aromatic heterocycles. The average molecular weight is 392 g/mol. The third-order valence-electron chi connectivity index (χ3n) is 1.85. The Labute approximate surface area is 133 Å². The molecule has 0 N–H and O–H groups in total. The fourth-order valence-electron chi connectivity index (χ4n) is 1.43. The summed E-state index contributed by atoms with van der Waals surface area (Å²) in [6, 6.07) is 4.25. The van der Waals surface area contributed by atoms with Crippen molar-refractivity contribution in [1.82, 2.24) is 0 Å². The number of aryl methyl sites for hydroxylation is 3. The molecule has 89 valence electrons. The Balaban J connectivity index is 0. The van der Waals surface area contributed by atoms with Crippen molar-refractivity contribution in [2.75, 3.05) is 6.26 Å². The first kappa shape index (κ1) is 18.0. The second-order valence-corrected chi connectivity index (χ2v) is 3.20. The molecular formula is C12H15S2Tm-. The monoisotopic (exact) mass is 392 g/mol. The second kappa shape index (κ2) is 9.78. The van der Waals surface area contributed by atoms with Crippen LogP contribution in [0.4, 0.5) is 0 Å². The van der Waals surface area contributed by atoms with Gasteiger partial charge >= 0.3 is 0 Å². The molecule has 15 heavy (non-hydrogen) atoms. The average Bonchev–Trinajstić information content (AvgIpc) is 2.14. The van der Waals surface area contributed by atoms with Crippen molar-refractivity contribution in [3.63, 3.8) is 0 Å². The summed E-state index contributed by atoms with van der Waals surface area (Å²) in [6.07, 6.45) is 1.69. The summed E-state index contributed by atoms with van der Waals surface area (Å²) >= 11 is 8.15. The maximum absolute atomic E-state index is 4.63. The van der Waals surface area contributed by atoms with Gasteiger partial charge in [-0.2, -0.15) is 12.6 Å². The number of thiol groups is 1. The Bertz CT molecular complexity index is 339. The van der Waals surface area contributed by atoms with E-state index in [1.807, 2.05) is 0 Å². The molecule has 0 fully saturated rings. The van der Waals surface area contributed by atoms with Gasteiger partial charge in [-0.25, -0.2) is 5.25 Å². The molecule has 0 spiro atoms. The van der Waals surface area contributed by atoms with E-state index in [9.17, 15) is 0 Å². The summed E-state index contributed by atoms with van der Waals surface area (Å²) in [6.45, 7) is 6.22. The van der Waals surface area contributed by atoms with Crippen LogP contribution in [0, 0.1) is 68.8 Å². The quantitative estimate of drug-likeness (QED) is 0.403. The molecule has 1 radical (unpaired) electrons. The van der Waals surface area contributed by atoms with Crippen LogP contribution >= 0.6 is 12.6 Å². The number of rotatable bonds is 0. The van der Waals surface area contributed by atoms with Crippen LogP contribution in [0.25, 0.3) is 0 Å². The molecule has 0 unspecified atom stereocenters. The van der Waals surface area contributed by atoms with Crippen LogP contribution in [0.15, 0.2) is 12.1 Å². The van der Waals surface area contributed by atoms with Gasteiger partial charge in [0.2, 0.25) is 0 Å². The Morgan fingerprint density at radius 1 is 1.07 bits per heavy atom. The summed E-state index contributed by atoms with van der Waals surface area (Å²) in [5, 5.41) is 2.52. The molecule has 0 atom stereocenters. The summed E-state index contributed by atoms with van der Waals surface area (Å²) in [5.74, 6) is 2.94. The van der Waals surface area contributed by atoms with E-state index in [4.69, 9.17) is 0 Å². The fraction of sp³-hybridized carbons (Fsp3) is 0.333. The fourth-order valence-corrected chi connectivity index (χ4v) is 1.53. The zero-order chi connectivity index (χ0) is 11.1. The SMILES string of the molecule is CS.Cc1cc(C)c(C#C[S-])c(C)c1.[Tm]. The van der Waals surface area contributed by atoms with Crippen LogP contribution in [0.5, 0.6) is 0 Å². The molecule has 1 rings (SSSR count). The van der Waals surface area contributed by atoms with E-state index in [1.165, 1.54) is 16.7 Å². The van der Waals surface area contributed by atoms with Gasteiger partial charge in [-0.05, 0) is 38.2 Å². The van der Waals surface area contributed by atoms with Gasteiger partial charge in [-0.1, -0.05) is 23.6 Å². The number of benzene rings is 1. The molecule has 0 heterocycles. The standard InChI is InChI=1S/C11H12S.CH4S.Tm/c1-8-6-9(2)11(4-5-12)10(3)7-8;1-2;/h6-7,12H,1-3H3;2H,1H3;/p-1. The predicted octanol–water partition coefficient (Wildman–Crippen LogP) is 3.01. The summed E-state index contributed by atoms with van der Waals surface area (Å²) in [7, 11) is 0. The first-order chi connectivity index (χ1) is 6.65. The van der Waals surface area contributed by atoms with Crippen LogP contribution in [0.3, 0.4) is 0 Å². The molecule has 0 aliphatic rings. The van der Waals surface area contributed by atoms with Crippen molar-refractivity contribution in [3.8, 4) is 11.2 Å². The van der Waals surface area contributed by atoms with E-state index in [1.54, 1.807) is 6.26 Å². The zero-order valence-electron chi connectivity index (χ0n) is 9.29. The Hall–Kier alpha value is 0.584. The van der Waals surface area contributed by atoms with Crippen LogP contribution in [0.2, 0.25) is 0 Å². The van der Waals surface area contributed by atoms with E-state index in [0.29, 0.717) is 0 Å². The minimum Gasteiger partial charge on any atom is -0.724 e. The van der Waals surface area contributed by atoms with Crippen LogP contribution in [-0.4, -0.2) is 6.26 Å². The first-order valence-electron chi connectivity index (χ1n) is 4.31. The van der Waals surface area contributed by atoms with Gasteiger partial charge in [0, 0.05) is 42.4 Å². The normalized spacial score (nSPS) is 7.53. The Morgan fingerprint density at radius 2 is 1.47 bits per heavy atom. The molecule has 0 saturated heterocycles. The number of hydrogen-bond acceptors (Lipinski definition) is 2. The van der Waals surface area contributed by atoms with Crippen molar-refractivity contribution in [1.29, 1.82) is 0 Å². The summed E-state index contributed by atoms with van der Waals surface area (Å²) in [5.41, 5.74) is 4.78. The van der Waals surface area contributed by atoms with Crippen molar-refractivity contribution >= 4 is 25.3 Å². The van der Waals surface area contributed by atoms with E-state index in [-0.39, 0.29) is 36.9 Å². The third-order valence-corrected chi connectivity index (χ3v) is 1.96. The molecule has 1 aromatic rings. The van der Waals surface area contributed by atoms with E-state index in [2.05, 4.69) is 69.3 Å². The van der Waals surface area contributed by atoms with E-state index >= 15 is 0 Å². The maximum Gasteiger partial charge on any atom is 0.0285 e. The van der Waals surface area contributed by atoms with Crippen molar-refractivity contribution < 1.29 is 36.9 Å². The van der Waals surface area contributed by atoms with Gasteiger partial charge in [0.15, 0.2) is 0 Å². The topological polar surface area (TPSA) is 0 Å². The Morgan fingerprint density at radius 3 is 1.80 bits per heavy atom. The largest absolute Gasteiger partial charge is 0.724 e. The Kier molecular flexibility index (Phi) is 11.7. The van der Waals surface area contributed by atoms with Gasteiger partial charge in [0.25, 0.3) is 0 Å². The van der Waals surface area contributed by atoms with Crippen LogP contribution in [0.1, 0.15) is 22.3 Å². The molecule has 0 saturated carbocycles. The van der Waals surface area contributed by atoms with Gasteiger partial charge in [0.05, 0.1) is 0 Å². The predicted molar refractivity (Wildman–Crippen MR) is 69.8 cm³/mol. The van der Waals surface area contributed by atoms with Crippen LogP contribution < -0.4 is 0 Å². The first-order valence-corrected chi connectivity index (χ1v) is 5.61. The zero-order valence-corrected chi connectivity index (χ0v) is 12.8. The van der Waals surface area contributed by atoms with Crippen molar-refractivity contribution in [2.45, 2.75) is 20.8 Å². The van der Waals surface area contributed by atoms with E-state index < -0.39 is 0 Å². The summed E-state index contributed by atoms with van der Waals surface area (Å²) in [4.78, 5) is 0. The molecular weight excluding hydrogens is 377 g/mol. The minimum absolute atomic E-state index is 0. The minimum atomic E-state index is 0. The van der Waals surface area contributed by atoms with Crippen LogP contribution in [-0.2, 0) is 12.6 Å². The molecule has 0 bridgehead atoms.